The molecule has 1 saturated carbocycles. The topological polar surface area (TPSA) is 56.7 Å². The number of thioether (sulfide) groups is 1. The maximum Gasteiger partial charge on any atom is 0.243 e. The first kappa shape index (κ1) is 18.1. The standard InChI is InChI=1S/C15H30N4OS/c1-12-7-5-6-8-13(12)18-15(16-9-10-21-4)17-11-14(20)19(2)3/h12-13H,5-11H2,1-4H3,(H2,16,17,18). The van der Waals surface area contributed by atoms with Gasteiger partial charge < -0.3 is 15.5 Å². The number of rotatable bonds is 6. The molecule has 6 heteroatoms. The van der Waals surface area contributed by atoms with Gasteiger partial charge in [0.25, 0.3) is 0 Å². The van der Waals surface area contributed by atoms with Gasteiger partial charge in [0.15, 0.2) is 5.96 Å². The Balaban J connectivity index is 2.57. The molecule has 2 N–H and O–H groups in total. The van der Waals surface area contributed by atoms with Crippen molar-refractivity contribution in [3.05, 3.63) is 0 Å². The minimum absolute atomic E-state index is 0.0256. The summed E-state index contributed by atoms with van der Waals surface area (Å²) in [5.74, 6) is 2.49. The Morgan fingerprint density at radius 2 is 2.05 bits per heavy atom. The Morgan fingerprint density at radius 1 is 1.33 bits per heavy atom. The summed E-state index contributed by atoms with van der Waals surface area (Å²) >= 11 is 1.80. The normalized spacial score (nSPS) is 22.8. The third kappa shape index (κ3) is 7.07. The van der Waals surface area contributed by atoms with Gasteiger partial charge in [-0.15, -0.1) is 0 Å². The first-order chi connectivity index (χ1) is 10.0. The van der Waals surface area contributed by atoms with Crippen LogP contribution in [-0.2, 0) is 4.79 Å². The molecule has 1 fully saturated rings. The summed E-state index contributed by atoms with van der Waals surface area (Å²) in [6.45, 7) is 3.36. The van der Waals surface area contributed by atoms with E-state index in [0.29, 0.717) is 12.0 Å². The van der Waals surface area contributed by atoms with Crippen molar-refractivity contribution in [2.75, 3.05) is 39.2 Å². The Hall–Kier alpha value is -0.910. The van der Waals surface area contributed by atoms with Crippen LogP contribution in [0.5, 0.6) is 0 Å². The average Bonchev–Trinajstić information content (AvgIpc) is 2.46. The zero-order valence-corrected chi connectivity index (χ0v) is 14.6. The first-order valence-electron chi connectivity index (χ1n) is 7.78. The molecule has 0 saturated heterocycles. The van der Waals surface area contributed by atoms with Gasteiger partial charge in [-0.1, -0.05) is 19.8 Å². The third-order valence-electron chi connectivity index (χ3n) is 3.90. The third-order valence-corrected chi connectivity index (χ3v) is 4.52. The van der Waals surface area contributed by atoms with Crippen LogP contribution in [0.15, 0.2) is 4.99 Å². The largest absolute Gasteiger partial charge is 0.356 e. The van der Waals surface area contributed by atoms with Crippen LogP contribution in [0.4, 0.5) is 0 Å². The van der Waals surface area contributed by atoms with Crippen molar-refractivity contribution in [1.29, 1.82) is 0 Å². The lowest BCUT2D eigenvalue weighted by Gasteiger charge is -2.31. The maximum atomic E-state index is 11.7. The highest BCUT2D eigenvalue weighted by Gasteiger charge is 2.22. The minimum atomic E-state index is 0.0256. The van der Waals surface area contributed by atoms with E-state index in [9.17, 15) is 4.79 Å². The number of hydrogen-bond donors (Lipinski definition) is 2. The zero-order valence-electron chi connectivity index (χ0n) is 13.8. The van der Waals surface area contributed by atoms with Crippen LogP contribution < -0.4 is 10.6 Å². The van der Waals surface area contributed by atoms with Crippen LogP contribution in [0.1, 0.15) is 32.6 Å². The predicted octanol–water partition coefficient (Wildman–Crippen LogP) is 1.55. The average molecular weight is 314 g/mol. The summed E-state index contributed by atoms with van der Waals surface area (Å²) in [5.41, 5.74) is 0. The first-order valence-corrected chi connectivity index (χ1v) is 9.18. The summed E-state index contributed by atoms with van der Waals surface area (Å²) in [5, 5.41) is 6.85. The van der Waals surface area contributed by atoms with E-state index in [1.54, 1.807) is 30.8 Å². The smallest absolute Gasteiger partial charge is 0.243 e. The van der Waals surface area contributed by atoms with Gasteiger partial charge >= 0.3 is 0 Å². The number of aliphatic imine (C=N–C) groups is 1. The number of likely N-dealkylation sites (N-methyl/N-ethyl adjacent to an activating group) is 1. The molecule has 1 rings (SSSR count). The van der Waals surface area contributed by atoms with Crippen molar-refractivity contribution in [2.24, 2.45) is 10.9 Å². The highest BCUT2D eigenvalue weighted by Crippen LogP contribution is 2.23. The fraction of sp³-hybridized carbons (Fsp3) is 0.867. The summed E-state index contributed by atoms with van der Waals surface area (Å²) in [7, 11) is 3.52. The molecule has 0 bridgehead atoms. The Labute approximate surface area is 133 Å². The molecular weight excluding hydrogens is 284 g/mol. The molecule has 1 aliphatic rings. The molecule has 122 valence electrons. The van der Waals surface area contributed by atoms with Gasteiger partial charge in [-0.3, -0.25) is 4.79 Å². The molecule has 1 aliphatic carbocycles. The second-order valence-corrected chi connectivity index (χ2v) is 6.87. The summed E-state index contributed by atoms with van der Waals surface area (Å²) in [6.07, 6.45) is 7.14. The Kier molecular flexibility index (Phi) is 8.57. The van der Waals surface area contributed by atoms with Crippen LogP contribution in [-0.4, -0.2) is 62.0 Å². The maximum absolute atomic E-state index is 11.7. The van der Waals surface area contributed by atoms with Crippen LogP contribution in [0.25, 0.3) is 0 Å². The number of carbonyl (C=O) groups is 1. The lowest BCUT2D eigenvalue weighted by molar-refractivity contribution is -0.127. The molecule has 0 heterocycles. The number of nitrogens with zero attached hydrogens (tertiary/aromatic N) is 2. The van der Waals surface area contributed by atoms with Gasteiger partial charge in [-0.05, 0) is 25.0 Å². The predicted molar refractivity (Wildman–Crippen MR) is 91.9 cm³/mol. The molecule has 2 atom stereocenters. The fourth-order valence-corrected chi connectivity index (χ4v) is 2.72. The number of nitrogens with one attached hydrogen (secondary N) is 2. The van der Waals surface area contributed by atoms with Crippen LogP contribution in [0.2, 0.25) is 0 Å². The van der Waals surface area contributed by atoms with Crippen molar-refractivity contribution in [3.63, 3.8) is 0 Å². The van der Waals surface area contributed by atoms with Crippen LogP contribution in [0.3, 0.4) is 0 Å². The Bertz CT molecular complexity index is 347. The van der Waals surface area contributed by atoms with Gasteiger partial charge in [-0.25, -0.2) is 4.99 Å². The van der Waals surface area contributed by atoms with E-state index in [4.69, 9.17) is 0 Å². The monoisotopic (exact) mass is 314 g/mol. The number of amides is 1. The van der Waals surface area contributed by atoms with E-state index < -0.39 is 0 Å². The number of guanidine groups is 1. The highest BCUT2D eigenvalue weighted by atomic mass is 32.2. The molecular formula is C15H30N4OS. The van der Waals surface area contributed by atoms with Gasteiger partial charge in [-0.2, -0.15) is 11.8 Å². The summed E-state index contributed by atoms with van der Waals surface area (Å²) in [6, 6.07) is 0.466. The molecule has 0 aromatic carbocycles. The quantitative estimate of drug-likeness (QED) is 0.444. The molecule has 21 heavy (non-hydrogen) atoms. The van der Waals surface area contributed by atoms with Crippen molar-refractivity contribution in [1.82, 2.24) is 15.5 Å². The van der Waals surface area contributed by atoms with E-state index >= 15 is 0 Å². The number of hydrogen-bond acceptors (Lipinski definition) is 3. The lowest BCUT2D eigenvalue weighted by Crippen LogP contribution is -2.48. The molecule has 2 unspecified atom stereocenters. The minimum Gasteiger partial charge on any atom is -0.356 e. The highest BCUT2D eigenvalue weighted by molar-refractivity contribution is 7.98. The second kappa shape index (κ2) is 9.92. The molecule has 5 nitrogen and oxygen atoms in total. The van der Waals surface area contributed by atoms with E-state index in [0.717, 1.165) is 18.3 Å². The second-order valence-electron chi connectivity index (χ2n) is 5.89. The van der Waals surface area contributed by atoms with Crippen LogP contribution >= 0.6 is 11.8 Å². The fourth-order valence-electron chi connectivity index (χ4n) is 2.42. The van der Waals surface area contributed by atoms with E-state index in [2.05, 4.69) is 28.8 Å². The Morgan fingerprint density at radius 3 is 2.67 bits per heavy atom. The summed E-state index contributed by atoms with van der Waals surface area (Å²) < 4.78 is 0. The number of carbonyl (C=O) groups excluding carboxylic acids is 1. The van der Waals surface area contributed by atoms with E-state index in [-0.39, 0.29) is 12.5 Å². The molecule has 0 spiro atoms. The summed E-state index contributed by atoms with van der Waals surface area (Å²) in [4.78, 5) is 17.7. The van der Waals surface area contributed by atoms with Crippen LogP contribution in [0, 0.1) is 5.92 Å². The van der Waals surface area contributed by atoms with Crippen molar-refractivity contribution >= 4 is 23.6 Å². The molecule has 0 aliphatic heterocycles. The van der Waals surface area contributed by atoms with Crippen molar-refractivity contribution < 1.29 is 4.79 Å². The van der Waals surface area contributed by atoms with E-state index in [1.165, 1.54) is 25.7 Å². The lowest BCUT2D eigenvalue weighted by atomic mass is 9.86. The van der Waals surface area contributed by atoms with Gasteiger partial charge in [0.2, 0.25) is 5.91 Å². The SMILES string of the molecule is CSCCNC(=NCC(=O)N(C)C)NC1CCCCC1C. The van der Waals surface area contributed by atoms with Gasteiger partial charge in [0.1, 0.15) is 6.54 Å². The van der Waals surface area contributed by atoms with Crippen molar-refractivity contribution in [3.8, 4) is 0 Å². The zero-order chi connectivity index (χ0) is 15.7. The van der Waals surface area contributed by atoms with Gasteiger partial charge in [0, 0.05) is 32.4 Å². The van der Waals surface area contributed by atoms with Gasteiger partial charge in [0.05, 0.1) is 0 Å². The van der Waals surface area contributed by atoms with E-state index in [1.807, 2.05) is 0 Å². The molecule has 0 aromatic rings. The van der Waals surface area contributed by atoms with Crippen molar-refractivity contribution in [2.45, 2.75) is 38.6 Å². The molecule has 0 radical (unpaired) electrons. The molecule has 0 aromatic heterocycles. The molecule has 1 amide bonds.